The smallest absolute Gasteiger partial charge is 0.190 e. The number of hydrogen-bond acceptors (Lipinski definition) is 3. The van der Waals surface area contributed by atoms with Gasteiger partial charge in [-0.25, -0.2) is 9.38 Å². The second kappa shape index (κ2) is 7.54. The van der Waals surface area contributed by atoms with E-state index in [1.807, 2.05) is 35.7 Å². The number of aryl methyl sites for hydroxylation is 1. The Bertz CT molecular complexity index is 1030. The Labute approximate surface area is 154 Å². The average Bonchev–Trinajstić information content (AvgIpc) is 3.32. The molecule has 0 spiro atoms. The van der Waals surface area contributed by atoms with Gasteiger partial charge in [-0.3, -0.25) is 0 Å². The van der Waals surface area contributed by atoms with Crippen LogP contribution in [0.5, 0.6) is 0 Å². The van der Waals surface area contributed by atoms with Crippen LogP contribution in [-0.4, -0.2) is 4.57 Å². The summed E-state index contributed by atoms with van der Waals surface area (Å²) >= 11 is 1.55. The third-order valence-corrected chi connectivity index (χ3v) is 4.95. The van der Waals surface area contributed by atoms with E-state index in [1.54, 1.807) is 29.7 Å². The molecule has 0 saturated heterocycles. The van der Waals surface area contributed by atoms with E-state index in [4.69, 9.17) is 9.41 Å². The monoisotopic (exact) mass is 364 g/mol. The summed E-state index contributed by atoms with van der Waals surface area (Å²) in [6, 6.07) is 20.4. The molecule has 0 aliphatic rings. The van der Waals surface area contributed by atoms with Gasteiger partial charge in [-0.2, -0.15) is 0 Å². The van der Waals surface area contributed by atoms with E-state index >= 15 is 0 Å². The molecule has 130 valence electrons. The highest BCUT2D eigenvalue weighted by molar-refractivity contribution is 7.07. The van der Waals surface area contributed by atoms with Crippen molar-refractivity contribution in [2.24, 2.45) is 4.99 Å². The van der Waals surface area contributed by atoms with Gasteiger partial charge < -0.3 is 8.98 Å². The van der Waals surface area contributed by atoms with Crippen molar-refractivity contribution in [3.8, 4) is 11.5 Å². The molecule has 0 bridgehead atoms. The normalized spacial score (nSPS) is 11.8. The lowest BCUT2D eigenvalue weighted by atomic mass is 10.1. The Morgan fingerprint density at radius 3 is 2.50 bits per heavy atom. The van der Waals surface area contributed by atoms with Crippen molar-refractivity contribution in [1.29, 1.82) is 0 Å². The van der Waals surface area contributed by atoms with Gasteiger partial charge >= 0.3 is 0 Å². The number of thiazole rings is 1. The molecule has 2 heterocycles. The predicted octanol–water partition coefficient (Wildman–Crippen LogP) is 5.42. The molecule has 5 heteroatoms. The summed E-state index contributed by atoms with van der Waals surface area (Å²) in [7, 11) is 0. The van der Waals surface area contributed by atoms with Gasteiger partial charge in [0.2, 0.25) is 0 Å². The Balaban J connectivity index is 1.73. The fraction of sp³-hybridized carbons (Fsp3) is 0.0952. The largest absolute Gasteiger partial charge is 0.463 e. The van der Waals surface area contributed by atoms with E-state index in [0.717, 1.165) is 34.9 Å². The molecular weight excluding hydrogens is 347 g/mol. The molecule has 0 fully saturated rings. The second-order valence-electron chi connectivity index (χ2n) is 5.86. The molecule has 0 saturated carbocycles. The summed E-state index contributed by atoms with van der Waals surface area (Å²) in [6.07, 6.45) is 2.56. The van der Waals surface area contributed by atoms with Gasteiger partial charge in [0.1, 0.15) is 5.82 Å². The summed E-state index contributed by atoms with van der Waals surface area (Å²) < 4.78 is 20.9. The molecule has 0 aliphatic carbocycles. The maximum absolute atomic E-state index is 13.1. The minimum Gasteiger partial charge on any atom is -0.463 e. The predicted molar refractivity (Wildman–Crippen MR) is 102 cm³/mol. The number of aromatic nitrogens is 1. The first-order valence-corrected chi connectivity index (χ1v) is 9.24. The van der Waals surface area contributed by atoms with E-state index in [9.17, 15) is 4.39 Å². The number of benzene rings is 2. The van der Waals surface area contributed by atoms with Crippen molar-refractivity contribution in [3.63, 3.8) is 0 Å². The zero-order valence-electron chi connectivity index (χ0n) is 14.0. The third kappa shape index (κ3) is 3.68. The fourth-order valence-corrected chi connectivity index (χ4v) is 3.70. The van der Waals surface area contributed by atoms with Crippen molar-refractivity contribution in [2.75, 3.05) is 0 Å². The molecule has 0 atom stereocenters. The zero-order valence-corrected chi connectivity index (χ0v) is 14.8. The van der Waals surface area contributed by atoms with Crippen LogP contribution in [0, 0.1) is 5.82 Å². The van der Waals surface area contributed by atoms with Gasteiger partial charge in [-0.05, 0) is 48.4 Å². The van der Waals surface area contributed by atoms with E-state index < -0.39 is 0 Å². The van der Waals surface area contributed by atoms with Crippen LogP contribution in [0.25, 0.3) is 11.5 Å². The number of nitrogens with zero attached hydrogens (tertiary/aromatic N) is 2. The lowest BCUT2D eigenvalue weighted by molar-refractivity contribution is 0.568. The Kier molecular flexibility index (Phi) is 4.80. The van der Waals surface area contributed by atoms with Gasteiger partial charge in [0.25, 0.3) is 0 Å². The van der Waals surface area contributed by atoms with Crippen LogP contribution in [0.15, 0.2) is 87.8 Å². The van der Waals surface area contributed by atoms with Crippen LogP contribution in [0.1, 0.15) is 5.56 Å². The topological polar surface area (TPSA) is 30.4 Å². The summed E-state index contributed by atoms with van der Waals surface area (Å²) in [4.78, 5) is 5.56. The van der Waals surface area contributed by atoms with Crippen LogP contribution >= 0.6 is 11.3 Å². The van der Waals surface area contributed by atoms with Crippen LogP contribution in [0.3, 0.4) is 0 Å². The SMILES string of the molecule is Fc1ccc(N=c2scc(-c3ccco3)n2CCc2ccccc2)cc1. The number of furan rings is 1. The van der Waals surface area contributed by atoms with Crippen LogP contribution < -0.4 is 4.80 Å². The van der Waals surface area contributed by atoms with Gasteiger partial charge in [-0.15, -0.1) is 11.3 Å². The first-order chi connectivity index (χ1) is 12.8. The van der Waals surface area contributed by atoms with Gasteiger partial charge in [0, 0.05) is 11.9 Å². The van der Waals surface area contributed by atoms with E-state index in [2.05, 4.69) is 16.7 Å². The number of rotatable bonds is 5. The maximum atomic E-state index is 13.1. The fourth-order valence-electron chi connectivity index (χ4n) is 2.77. The molecule has 3 nitrogen and oxygen atoms in total. The van der Waals surface area contributed by atoms with Gasteiger partial charge in [0.05, 0.1) is 17.6 Å². The summed E-state index contributed by atoms with van der Waals surface area (Å²) in [6.45, 7) is 0.781. The molecule has 0 amide bonds. The number of hydrogen-bond donors (Lipinski definition) is 0. The lowest BCUT2D eigenvalue weighted by Gasteiger charge is -2.08. The molecule has 2 aromatic carbocycles. The van der Waals surface area contributed by atoms with Crippen molar-refractivity contribution >= 4 is 17.0 Å². The summed E-state index contributed by atoms with van der Waals surface area (Å²) in [5.41, 5.74) is 2.99. The van der Waals surface area contributed by atoms with E-state index in [0.29, 0.717) is 0 Å². The van der Waals surface area contributed by atoms with Crippen LogP contribution in [0.4, 0.5) is 10.1 Å². The molecule has 2 aromatic heterocycles. The third-order valence-electron chi connectivity index (χ3n) is 4.09. The molecule has 26 heavy (non-hydrogen) atoms. The van der Waals surface area contributed by atoms with E-state index in [-0.39, 0.29) is 5.82 Å². The zero-order chi connectivity index (χ0) is 17.8. The van der Waals surface area contributed by atoms with Crippen molar-refractivity contribution in [3.05, 3.63) is 94.6 Å². The lowest BCUT2D eigenvalue weighted by Crippen LogP contribution is -2.17. The Morgan fingerprint density at radius 2 is 1.77 bits per heavy atom. The highest BCUT2D eigenvalue weighted by Gasteiger charge is 2.10. The highest BCUT2D eigenvalue weighted by Crippen LogP contribution is 2.22. The maximum Gasteiger partial charge on any atom is 0.190 e. The molecule has 4 aromatic rings. The molecule has 0 radical (unpaired) electrons. The van der Waals surface area contributed by atoms with Crippen LogP contribution in [0.2, 0.25) is 0 Å². The summed E-state index contributed by atoms with van der Waals surface area (Å²) in [5.74, 6) is 0.554. The molecule has 0 aliphatic heterocycles. The molecular formula is C21H17FN2OS. The quantitative estimate of drug-likeness (QED) is 0.465. The van der Waals surface area contributed by atoms with Crippen molar-refractivity contribution < 1.29 is 8.81 Å². The van der Waals surface area contributed by atoms with Crippen molar-refractivity contribution in [1.82, 2.24) is 4.57 Å². The first-order valence-electron chi connectivity index (χ1n) is 8.36. The highest BCUT2D eigenvalue weighted by atomic mass is 32.1. The molecule has 0 unspecified atom stereocenters. The number of halogens is 1. The summed E-state index contributed by atoms with van der Waals surface area (Å²) in [5, 5.41) is 2.05. The minimum atomic E-state index is -0.261. The standard InChI is InChI=1S/C21H17FN2OS/c22-17-8-10-18(11-9-17)23-21-24(13-12-16-5-2-1-3-6-16)19(15-26-21)20-7-4-14-25-20/h1-11,14-15H,12-13H2. The molecule has 4 rings (SSSR count). The average molecular weight is 364 g/mol. The van der Waals surface area contributed by atoms with Crippen molar-refractivity contribution in [2.45, 2.75) is 13.0 Å². The van der Waals surface area contributed by atoms with E-state index in [1.165, 1.54) is 17.7 Å². The van der Waals surface area contributed by atoms with Gasteiger partial charge in [-0.1, -0.05) is 30.3 Å². The minimum absolute atomic E-state index is 0.261. The molecule has 0 N–H and O–H groups in total. The van der Waals surface area contributed by atoms with Crippen LogP contribution in [-0.2, 0) is 13.0 Å². The van der Waals surface area contributed by atoms with Gasteiger partial charge in [0.15, 0.2) is 10.6 Å². The second-order valence-corrected chi connectivity index (χ2v) is 6.69. The first kappa shape index (κ1) is 16.5. The Morgan fingerprint density at radius 1 is 0.962 bits per heavy atom. The Hall–Kier alpha value is -2.92.